The second-order valence-electron chi connectivity index (χ2n) is 3.31. The molecule has 18 heavy (non-hydrogen) atoms. The Labute approximate surface area is 105 Å². The first-order valence-corrected chi connectivity index (χ1v) is 6.89. The summed E-state index contributed by atoms with van der Waals surface area (Å²) in [7, 11) is 2.38. The normalized spacial score (nSPS) is 12.9. The molecular formula is C7H9ClF3N3O3S. The van der Waals surface area contributed by atoms with Crippen molar-refractivity contribution in [3.63, 3.8) is 0 Å². The van der Waals surface area contributed by atoms with Gasteiger partial charge in [0.15, 0.2) is 0 Å². The lowest BCUT2D eigenvalue weighted by Crippen LogP contribution is -2.18. The molecule has 0 saturated carbocycles. The maximum Gasteiger partial charge on any atom is 0.411 e. The van der Waals surface area contributed by atoms with Gasteiger partial charge in [0.05, 0.1) is 6.61 Å². The molecule has 0 unspecified atom stereocenters. The van der Waals surface area contributed by atoms with E-state index in [-0.39, 0.29) is 18.9 Å². The average Bonchev–Trinajstić information content (AvgIpc) is 2.53. The van der Waals surface area contributed by atoms with E-state index in [2.05, 4.69) is 14.9 Å². The molecule has 0 fully saturated rings. The molecule has 104 valence electrons. The zero-order valence-corrected chi connectivity index (χ0v) is 10.7. The van der Waals surface area contributed by atoms with Gasteiger partial charge < -0.3 is 9.30 Å². The van der Waals surface area contributed by atoms with Gasteiger partial charge in [0, 0.05) is 24.2 Å². The average molecular weight is 308 g/mol. The summed E-state index contributed by atoms with van der Waals surface area (Å²) >= 11 is 0. The van der Waals surface area contributed by atoms with E-state index < -0.39 is 27.0 Å². The van der Waals surface area contributed by atoms with Crippen molar-refractivity contribution in [1.29, 1.82) is 0 Å². The minimum Gasteiger partial charge on any atom is -0.372 e. The number of ether oxygens (including phenoxy) is 1. The first kappa shape index (κ1) is 15.2. The second kappa shape index (κ2) is 5.41. The highest BCUT2D eigenvalue weighted by Crippen LogP contribution is 2.15. The van der Waals surface area contributed by atoms with E-state index in [4.69, 9.17) is 10.7 Å². The van der Waals surface area contributed by atoms with Crippen molar-refractivity contribution in [3.8, 4) is 0 Å². The third kappa shape index (κ3) is 4.42. The van der Waals surface area contributed by atoms with Gasteiger partial charge in [-0.25, -0.2) is 8.42 Å². The van der Waals surface area contributed by atoms with Crippen molar-refractivity contribution in [2.45, 2.75) is 17.8 Å². The quantitative estimate of drug-likeness (QED) is 0.596. The smallest absolute Gasteiger partial charge is 0.372 e. The molecule has 0 spiro atoms. The highest BCUT2D eigenvalue weighted by atomic mass is 35.7. The van der Waals surface area contributed by atoms with Gasteiger partial charge in [0.2, 0.25) is 0 Å². The Morgan fingerprint density at radius 3 is 2.44 bits per heavy atom. The van der Waals surface area contributed by atoms with Crippen LogP contribution in [-0.4, -0.2) is 42.6 Å². The lowest BCUT2D eigenvalue weighted by molar-refractivity contribution is -0.173. The van der Waals surface area contributed by atoms with E-state index in [0.717, 1.165) is 4.57 Å². The van der Waals surface area contributed by atoms with Crippen LogP contribution in [0.4, 0.5) is 13.2 Å². The van der Waals surface area contributed by atoms with Gasteiger partial charge in [-0.05, 0) is 0 Å². The molecule has 0 atom stereocenters. The lowest BCUT2D eigenvalue weighted by atomic mass is 10.4. The molecule has 1 aromatic heterocycles. The first-order valence-electron chi connectivity index (χ1n) is 4.58. The van der Waals surface area contributed by atoms with Crippen LogP contribution in [0, 0.1) is 0 Å². The Hall–Kier alpha value is -0.870. The number of rotatable bonds is 5. The molecule has 0 amide bonds. The van der Waals surface area contributed by atoms with Crippen LogP contribution in [0.5, 0.6) is 0 Å². The van der Waals surface area contributed by atoms with E-state index in [9.17, 15) is 21.6 Å². The largest absolute Gasteiger partial charge is 0.411 e. The fourth-order valence-corrected chi connectivity index (χ4v) is 2.10. The van der Waals surface area contributed by atoms with E-state index in [1.807, 2.05) is 0 Å². The third-order valence-corrected chi connectivity index (χ3v) is 3.08. The minimum absolute atomic E-state index is 0.00795. The van der Waals surface area contributed by atoms with E-state index >= 15 is 0 Å². The predicted molar refractivity (Wildman–Crippen MR) is 54.6 cm³/mol. The standard InChI is InChI=1S/C7H9ClF3N3O3S/c1-14-5(2-3-17-4-7(9,10)11)12-13-6(14)18(8,15)16/h2-4H2,1H3. The van der Waals surface area contributed by atoms with Gasteiger partial charge in [-0.3, -0.25) is 0 Å². The lowest BCUT2D eigenvalue weighted by Gasteiger charge is -2.07. The molecule has 0 aliphatic heterocycles. The zero-order valence-electron chi connectivity index (χ0n) is 9.11. The highest BCUT2D eigenvalue weighted by Gasteiger charge is 2.27. The fourth-order valence-electron chi connectivity index (χ4n) is 1.13. The van der Waals surface area contributed by atoms with Crippen LogP contribution in [0.3, 0.4) is 0 Å². The molecule has 0 aromatic carbocycles. The minimum atomic E-state index is -4.40. The monoisotopic (exact) mass is 307 g/mol. The van der Waals surface area contributed by atoms with Gasteiger partial charge in [0.25, 0.3) is 14.2 Å². The van der Waals surface area contributed by atoms with Crippen LogP contribution < -0.4 is 0 Å². The summed E-state index contributed by atoms with van der Waals surface area (Å²) in [5.74, 6) is 0.163. The van der Waals surface area contributed by atoms with Gasteiger partial charge in [-0.2, -0.15) is 13.2 Å². The molecule has 0 aliphatic carbocycles. The molecule has 0 bridgehead atoms. The summed E-state index contributed by atoms with van der Waals surface area (Å²) in [6.45, 7) is -1.63. The van der Waals surface area contributed by atoms with Crippen molar-refractivity contribution in [3.05, 3.63) is 5.82 Å². The van der Waals surface area contributed by atoms with Crippen molar-refractivity contribution in [2.24, 2.45) is 7.05 Å². The van der Waals surface area contributed by atoms with Gasteiger partial charge in [-0.15, -0.1) is 10.2 Å². The summed E-state index contributed by atoms with van der Waals surface area (Å²) < 4.78 is 62.7. The summed E-state index contributed by atoms with van der Waals surface area (Å²) in [6.07, 6.45) is -4.41. The summed E-state index contributed by atoms with van der Waals surface area (Å²) in [5.41, 5.74) is 0. The summed E-state index contributed by atoms with van der Waals surface area (Å²) in [4.78, 5) is 0. The topological polar surface area (TPSA) is 74.1 Å². The Morgan fingerprint density at radius 2 is 2.00 bits per heavy atom. The van der Waals surface area contributed by atoms with Gasteiger partial charge in [-0.1, -0.05) is 0 Å². The Kier molecular flexibility index (Phi) is 4.56. The number of halogens is 4. The first-order chi connectivity index (χ1) is 8.11. The number of hydrogen-bond acceptors (Lipinski definition) is 5. The van der Waals surface area contributed by atoms with Crippen LogP contribution in [0.15, 0.2) is 5.16 Å². The van der Waals surface area contributed by atoms with Crippen molar-refractivity contribution in [2.75, 3.05) is 13.2 Å². The molecular weight excluding hydrogens is 299 g/mol. The number of nitrogens with zero attached hydrogens (tertiary/aromatic N) is 3. The highest BCUT2D eigenvalue weighted by molar-refractivity contribution is 8.13. The SMILES string of the molecule is Cn1c(CCOCC(F)(F)F)nnc1S(=O)(=O)Cl. The van der Waals surface area contributed by atoms with Gasteiger partial charge >= 0.3 is 6.18 Å². The van der Waals surface area contributed by atoms with Crippen molar-refractivity contribution < 1.29 is 26.3 Å². The van der Waals surface area contributed by atoms with Crippen molar-refractivity contribution in [1.82, 2.24) is 14.8 Å². The summed E-state index contributed by atoms with van der Waals surface area (Å²) in [5, 5.41) is 6.37. The molecule has 1 aromatic rings. The predicted octanol–water partition coefficient (Wildman–Crippen LogP) is 0.864. The number of alkyl halides is 3. The van der Waals surface area contributed by atoms with Crippen LogP contribution >= 0.6 is 10.7 Å². The molecule has 0 saturated heterocycles. The molecule has 0 aliphatic rings. The molecule has 0 radical (unpaired) electrons. The maximum absolute atomic E-state index is 11.8. The third-order valence-electron chi connectivity index (χ3n) is 1.88. The van der Waals surface area contributed by atoms with Gasteiger partial charge in [0.1, 0.15) is 12.4 Å². The fraction of sp³-hybridized carbons (Fsp3) is 0.714. The maximum atomic E-state index is 11.8. The van der Waals surface area contributed by atoms with Crippen LogP contribution in [0.2, 0.25) is 0 Å². The Balaban J connectivity index is 2.57. The molecule has 0 N–H and O–H groups in total. The number of hydrogen-bond donors (Lipinski definition) is 0. The molecule has 6 nitrogen and oxygen atoms in total. The van der Waals surface area contributed by atoms with E-state index in [0.29, 0.717) is 0 Å². The van der Waals surface area contributed by atoms with Crippen molar-refractivity contribution >= 4 is 19.7 Å². The molecule has 11 heteroatoms. The molecule has 1 heterocycles. The van der Waals surface area contributed by atoms with Crippen LogP contribution in [-0.2, 0) is 27.3 Å². The Bertz CT molecular complexity index is 514. The Morgan fingerprint density at radius 1 is 1.39 bits per heavy atom. The van der Waals surface area contributed by atoms with Crippen LogP contribution in [0.25, 0.3) is 0 Å². The zero-order chi connectivity index (χ0) is 14.0. The summed E-state index contributed by atoms with van der Waals surface area (Å²) in [6, 6.07) is 0. The van der Waals surface area contributed by atoms with E-state index in [1.165, 1.54) is 7.05 Å². The second-order valence-corrected chi connectivity index (χ2v) is 5.77. The van der Waals surface area contributed by atoms with Crippen LogP contribution in [0.1, 0.15) is 5.82 Å². The van der Waals surface area contributed by atoms with E-state index in [1.54, 1.807) is 0 Å². The molecule has 1 rings (SSSR count). The number of aromatic nitrogens is 3.